The van der Waals surface area contributed by atoms with Crippen molar-refractivity contribution in [2.45, 2.75) is 13.5 Å². The summed E-state index contributed by atoms with van der Waals surface area (Å²) in [5.74, 6) is 1.46. The molecule has 1 N–H and O–H groups in total. The second-order valence-corrected chi connectivity index (χ2v) is 4.14. The molecular formula is C16H18N2O. The van der Waals surface area contributed by atoms with Crippen molar-refractivity contribution in [1.29, 1.82) is 0 Å². The fraction of sp³-hybridized carbons (Fsp3) is 0.188. The summed E-state index contributed by atoms with van der Waals surface area (Å²) >= 11 is 0. The Kier molecular flexibility index (Phi) is 4.70. The molecule has 1 aromatic carbocycles. The van der Waals surface area contributed by atoms with Crippen molar-refractivity contribution in [2.75, 3.05) is 7.05 Å². The summed E-state index contributed by atoms with van der Waals surface area (Å²) in [7, 11) is 1.91. The lowest BCUT2D eigenvalue weighted by atomic mass is 10.2. The minimum atomic E-state index is 0.647. The highest BCUT2D eigenvalue weighted by Crippen LogP contribution is 2.27. The highest BCUT2D eigenvalue weighted by atomic mass is 16.5. The molecule has 0 bridgehead atoms. The predicted molar refractivity (Wildman–Crippen MR) is 78.2 cm³/mol. The van der Waals surface area contributed by atoms with Gasteiger partial charge in [0, 0.05) is 23.9 Å². The summed E-state index contributed by atoms with van der Waals surface area (Å²) < 4.78 is 5.94. The van der Waals surface area contributed by atoms with Gasteiger partial charge in [-0.25, -0.2) is 4.98 Å². The third-order valence-corrected chi connectivity index (χ3v) is 2.69. The third-order valence-electron chi connectivity index (χ3n) is 2.69. The first kappa shape index (κ1) is 13.3. The lowest BCUT2D eigenvalue weighted by Gasteiger charge is -2.11. The average Bonchev–Trinajstić information content (AvgIpc) is 2.44. The van der Waals surface area contributed by atoms with Crippen LogP contribution in [-0.2, 0) is 6.54 Å². The molecule has 0 atom stereocenters. The van der Waals surface area contributed by atoms with E-state index in [-0.39, 0.29) is 0 Å². The van der Waals surface area contributed by atoms with Crippen molar-refractivity contribution < 1.29 is 4.74 Å². The van der Waals surface area contributed by atoms with E-state index in [1.165, 1.54) is 0 Å². The average molecular weight is 254 g/mol. The van der Waals surface area contributed by atoms with Crippen LogP contribution < -0.4 is 10.1 Å². The number of para-hydroxylation sites is 1. The van der Waals surface area contributed by atoms with Crippen LogP contribution in [0.1, 0.15) is 18.1 Å². The normalized spacial score (nSPS) is 10.8. The van der Waals surface area contributed by atoms with Gasteiger partial charge in [0.25, 0.3) is 0 Å². The Morgan fingerprint density at radius 2 is 2.05 bits per heavy atom. The van der Waals surface area contributed by atoms with E-state index in [4.69, 9.17) is 4.74 Å². The molecule has 3 heteroatoms. The zero-order valence-corrected chi connectivity index (χ0v) is 11.3. The number of nitrogens with zero attached hydrogens (tertiary/aromatic N) is 1. The highest BCUT2D eigenvalue weighted by molar-refractivity contribution is 5.57. The molecule has 0 aliphatic rings. The van der Waals surface area contributed by atoms with E-state index in [1.807, 2.05) is 62.5 Å². The molecule has 0 amide bonds. The standard InChI is InChI=1S/C16H18N2O/c1-3-7-13-8-4-5-10-15(13)19-16-14(12-17-2)9-6-11-18-16/h3-11,17H,12H2,1-2H3. The monoisotopic (exact) mass is 254 g/mol. The van der Waals surface area contributed by atoms with E-state index in [9.17, 15) is 0 Å². The molecule has 0 radical (unpaired) electrons. The second kappa shape index (κ2) is 6.71. The molecule has 19 heavy (non-hydrogen) atoms. The summed E-state index contributed by atoms with van der Waals surface area (Å²) in [6, 6.07) is 11.9. The van der Waals surface area contributed by atoms with Crippen LogP contribution >= 0.6 is 0 Å². The topological polar surface area (TPSA) is 34.1 Å². The first-order valence-electron chi connectivity index (χ1n) is 6.33. The Hall–Kier alpha value is -2.13. The molecule has 0 saturated heterocycles. The van der Waals surface area contributed by atoms with Crippen LogP contribution in [0, 0.1) is 0 Å². The van der Waals surface area contributed by atoms with Gasteiger partial charge in [-0.05, 0) is 26.1 Å². The molecular weight excluding hydrogens is 236 g/mol. The number of pyridine rings is 1. The number of benzene rings is 1. The summed E-state index contributed by atoms with van der Waals surface area (Å²) in [4.78, 5) is 4.31. The first-order valence-corrected chi connectivity index (χ1v) is 6.33. The molecule has 0 fully saturated rings. The minimum absolute atomic E-state index is 0.647. The summed E-state index contributed by atoms with van der Waals surface area (Å²) in [6.07, 6.45) is 5.76. The Morgan fingerprint density at radius 3 is 2.84 bits per heavy atom. The molecule has 0 spiro atoms. The zero-order valence-electron chi connectivity index (χ0n) is 11.3. The molecule has 1 heterocycles. The number of ether oxygens (including phenoxy) is 1. The molecule has 0 aliphatic heterocycles. The van der Waals surface area contributed by atoms with Crippen molar-refractivity contribution in [3.05, 3.63) is 59.8 Å². The number of nitrogens with one attached hydrogen (secondary N) is 1. The Morgan fingerprint density at radius 1 is 1.21 bits per heavy atom. The molecule has 98 valence electrons. The molecule has 3 nitrogen and oxygen atoms in total. The summed E-state index contributed by atoms with van der Waals surface area (Å²) in [6.45, 7) is 2.72. The maximum absolute atomic E-state index is 5.94. The van der Waals surface area contributed by atoms with Crippen LogP contribution in [0.15, 0.2) is 48.7 Å². The van der Waals surface area contributed by atoms with Crippen LogP contribution in [0.4, 0.5) is 0 Å². The molecule has 2 rings (SSSR count). The Bertz CT molecular complexity index is 564. The zero-order chi connectivity index (χ0) is 13.5. The van der Waals surface area contributed by atoms with Crippen molar-refractivity contribution >= 4 is 6.08 Å². The van der Waals surface area contributed by atoms with E-state index < -0.39 is 0 Å². The first-order chi connectivity index (χ1) is 9.35. The number of hydrogen-bond donors (Lipinski definition) is 1. The molecule has 1 aromatic heterocycles. The summed E-state index contributed by atoms with van der Waals surface area (Å²) in [5.41, 5.74) is 2.09. The second-order valence-electron chi connectivity index (χ2n) is 4.14. The van der Waals surface area contributed by atoms with Gasteiger partial charge in [-0.1, -0.05) is 36.4 Å². The van der Waals surface area contributed by atoms with Gasteiger partial charge in [-0.3, -0.25) is 0 Å². The van der Waals surface area contributed by atoms with Crippen LogP contribution in [0.5, 0.6) is 11.6 Å². The Labute approximate surface area is 114 Å². The van der Waals surface area contributed by atoms with E-state index >= 15 is 0 Å². The van der Waals surface area contributed by atoms with Crippen molar-refractivity contribution in [2.24, 2.45) is 0 Å². The smallest absolute Gasteiger partial charge is 0.223 e. The van der Waals surface area contributed by atoms with Crippen LogP contribution in [0.2, 0.25) is 0 Å². The predicted octanol–water partition coefficient (Wildman–Crippen LogP) is 3.63. The van der Waals surface area contributed by atoms with E-state index in [1.54, 1.807) is 6.20 Å². The van der Waals surface area contributed by atoms with Crippen LogP contribution in [0.25, 0.3) is 6.08 Å². The maximum atomic E-state index is 5.94. The van der Waals surface area contributed by atoms with Crippen molar-refractivity contribution in [1.82, 2.24) is 10.3 Å². The molecule has 0 aliphatic carbocycles. The van der Waals surface area contributed by atoms with Crippen molar-refractivity contribution in [3.63, 3.8) is 0 Å². The van der Waals surface area contributed by atoms with Gasteiger partial charge < -0.3 is 10.1 Å². The highest BCUT2D eigenvalue weighted by Gasteiger charge is 2.07. The van der Waals surface area contributed by atoms with E-state index in [0.717, 1.165) is 23.4 Å². The van der Waals surface area contributed by atoms with Crippen molar-refractivity contribution in [3.8, 4) is 11.6 Å². The van der Waals surface area contributed by atoms with Gasteiger partial charge in [-0.2, -0.15) is 0 Å². The van der Waals surface area contributed by atoms with Gasteiger partial charge in [0.2, 0.25) is 5.88 Å². The fourth-order valence-electron chi connectivity index (χ4n) is 1.84. The molecule has 0 unspecified atom stereocenters. The number of aromatic nitrogens is 1. The lowest BCUT2D eigenvalue weighted by Crippen LogP contribution is -2.07. The third kappa shape index (κ3) is 3.42. The van der Waals surface area contributed by atoms with Gasteiger partial charge in [0.15, 0.2) is 0 Å². The summed E-state index contributed by atoms with van der Waals surface area (Å²) in [5, 5.41) is 3.12. The van der Waals surface area contributed by atoms with Gasteiger partial charge in [0.1, 0.15) is 5.75 Å². The number of rotatable bonds is 5. The van der Waals surface area contributed by atoms with E-state index in [2.05, 4.69) is 10.3 Å². The van der Waals surface area contributed by atoms with Crippen LogP contribution in [-0.4, -0.2) is 12.0 Å². The maximum Gasteiger partial charge on any atom is 0.223 e. The largest absolute Gasteiger partial charge is 0.438 e. The SMILES string of the molecule is CC=Cc1ccccc1Oc1ncccc1CNC. The quantitative estimate of drug-likeness (QED) is 0.884. The molecule has 0 saturated carbocycles. The molecule has 2 aromatic rings. The van der Waals surface area contributed by atoms with E-state index in [0.29, 0.717) is 5.88 Å². The minimum Gasteiger partial charge on any atom is -0.438 e. The number of hydrogen-bond acceptors (Lipinski definition) is 3. The van der Waals surface area contributed by atoms with Gasteiger partial charge in [0.05, 0.1) is 0 Å². The van der Waals surface area contributed by atoms with Crippen LogP contribution in [0.3, 0.4) is 0 Å². The fourth-order valence-corrected chi connectivity index (χ4v) is 1.84. The van der Waals surface area contributed by atoms with Gasteiger partial charge >= 0.3 is 0 Å². The lowest BCUT2D eigenvalue weighted by molar-refractivity contribution is 0.453. The number of allylic oxidation sites excluding steroid dienone is 1. The van der Waals surface area contributed by atoms with Gasteiger partial charge in [-0.15, -0.1) is 0 Å². The Balaban J connectivity index is 2.31.